The SMILES string of the molecule is NC(CO)CCN1CCCOC1=O. The van der Waals surface area contributed by atoms with E-state index in [0.717, 1.165) is 13.0 Å². The monoisotopic (exact) mass is 188 g/mol. The van der Waals surface area contributed by atoms with Gasteiger partial charge in [0.25, 0.3) is 0 Å². The Kier molecular flexibility index (Phi) is 3.98. The first-order valence-electron chi connectivity index (χ1n) is 4.52. The number of cyclic esters (lactones) is 1. The van der Waals surface area contributed by atoms with Crippen LogP contribution in [0.25, 0.3) is 0 Å². The molecule has 1 rings (SSSR count). The highest BCUT2D eigenvalue weighted by molar-refractivity contribution is 5.68. The third kappa shape index (κ3) is 3.20. The summed E-state index contributed by atoms with van der Waals surface area (Å²) >= 11 is 0. The molecule has 0 aromatic rings. The summed E-state index contributed by atoms with van der Waals surface area (Å²) in [5.74, 6) is 0. The number of amides is 1. The summed E-state index contributed by atoms with van der Waals surface area (Å²) in [4.78, 5) is 12.7. The molecule has 0 spiro atoms. The van der Waals surface area contributed by atoms with E-state index >= 15 is 0 Å². The second-order valence-electron chi connectivity index (χ2n) is 3.19. The van der Waals surface area contributed by atoms with Gasteiger partial charge in [0, 0.05) is 19.1 Å². The highest BCUT2D eigenvalue weighted by Crippen LogP contribution is 2.05. The van der Waals surface area contributed by atoms with Crippen molar-refractivity contribution in [2.75, 3.05) is 26.3 Å². The topological polar surface area (TPSA) is 75.8 Å². The first-order chi connectivity index (χ1) is 6.24. The van der Waals surface area contributed by atoms with E-state index in [4.69, 9.17) is 15.6 Å². The quantitative estimate of drug-likeness (QED) is 0.626. The number of carbonyl (C=O) groups excluding carboxylic acids is 1. The standard InChI is InChI=1S/C8H16N2O3/c9-7(6-11)2-4-10-3-1-5-13-8(10)12/h7,11H,1-6,9H2. The smallest absolute Gasteiger partial charge is 0.409 e. The zero-order chi connectivity index (χ0) is 9.68. The lowest BCUT2D eigenvalue weighted by Gasteiger charge is -2.26. The highest BCUT2D eigenvalue weighted by Gasteiger charge is 2.19. The third-order valence-corrected chi connectivity index (χ3v) is 2.06. The molecule has 1 unspecified atom stereocenters. The van der Waals surface area contributed by atoms with Crippen molar-refractivity contribution in [3.63, 3.8) is 0 Å². The van der Waals surface area contributed by atoms with E-state index in [1.54, 1.807) is 4.90 Å². The van der Waals surface area contributed by atoms with E-state index in [0.29, 0.717) is 19.6 Å². The summed E-state index contributed by atoms with van der Waals surface area (Å²) in [5.41, 5.74) is 5.51. The van der Waals surface area contributed by atoms with Crippen molar-refractivity contribution in [3.8, 4) is 0 Å². The molecule has 1 atom stereocenters. The second-order valence-corrected chi connectivity index (χ2v) is 3.19. The van der Waals surface area contributed by atoms with Crippen molar-refractivity contribution in [2.45, 2.75) is 18.9 Å². The first kappa shape index (κ1) is 10.3. The normalized spacial score (nSPS) is 19.8. The van der Waals surface area contributed by atoms with Crippen LogP contribution in [0, 0.1) is 0 Å². The predicted molar refractivity (Wildman–Crippen MR) is 47.2 cm³/mol. The van der Waals surface area contributed by atoms with E-state index in [1.807, 2.05) is 0 Å². The summed E-state index contributed by atoms with van der Waals surface area (Å²) in [7, 11) is 0. The van der Waals surface area contributed by atoms with Gasteiger partial charge in [-0.2, -0.15) is 0 Å². The van der Waals surface area contributed by atoms with Crippen molar-refractivity contribution < 1.29 is 14.6 Å². The van der Waals surface area contributed by atoms with Crippen LogP contribution in [-0.4, -0.2) is 48.4 Å². The molecule has 1 saturated heterocycles. The van der Waals surface area contributed by atoms with Gasteiger partial charge in [-0.1, -0.05) is 0 Å². The molecule has 5 nitrogen and oxygen atoms in total. The number of hydrogen-bond acceptors (Lipinski definition) is 4. The number of carbonyl (C=O) groups is 1. The fraction of sp³-hybridized carbons (Fsp3) is 0.875. The molecule has 0 radical (unpaired) electrons. The molecule has 0 aromatic heterocycles. The maximum absolute atomic E-state index is 11.1. The number of aliphatic hydroxyl groups is 1. The molecular formula is C8H16N2O3. The molecule has 0 aromatic carbocycles. The van der Waals surface area contributed by atoms with Crippen molar-refractivity contribution >= 4 is 6.09 Å². The van der Waals surface area contributed by atoms with Gasteiger partial charge in [0.05, 0.1) is 13.2 Å². The molecule has 1 heterocycles. The van der Waals surface area contributed by atoms with Gasteiger partial charge in [-0.3, -0.25) is 0 Å². The summed E-state index contributed by atoms with van der Waals surface area (Å²) in [6, 6.07) is -0.241. The van der Waals surface area contributed by atoms with Gasteiger partial charge >= 0.3 is 6.09 Å². The van der Waals surface area contributed by atoms with Gasteiger partial charge in [-0.25, -0.2) is 4.79 Å². The number of ether oxygens (including phenoxy) is 1. The lowest BCUT2D eigenvalue weighted by atomic mass is 10.2. The van der Waals surface area contributed by atoms with Gasteiger partial charge in [-0.05, 0) is 12.8 Å². The molecule has 3 N–H and O–H groups in total. The minimum Gasteiger partial charge on any atom is -0.449 e. The number of rotatable bonds is 4. The van der Waals surface area contributed by atoms with E-state index in [9.17, 15) is 4.79 Å². The Hall–Kier alpha value is -0.810. The van der Waals surface area contributed by atoms with Crippen LogP contribution in [0.15, 0.2) is 0 Å². The van der Waals surface area contributed by atoms with Crippen LogP contribution in [-0.2, 0) is 4.74 Å². The van der Waals surface area contributed by atoms with Crippen LogP contribution in [0.3, 0.4) is 0 Å². The molecule has 1 amide bonds. The Bertz CT molecular complexity index is 175. The number of hydrogen-bond donors (Lipinski definition) is 2. The second kappa shape index (κ2) is 5.04. The van der Waals surface area contributed by atoms with Crippen molar-refractivity contribution in [2.24, 2.45) is 5.73 Å². The zero-order valence-corrected chi connectivity index (χ0v) is 7.61. The van der Waals surface area contributed by atoms with Gasteiger partial charge in [0.15, 0.2) is 0 Å². The van der Waals surface area contributed by atoms with Crippen LogP contribution in [0.1, 0.15) is 12.8 Å². The van der Waals surface area contributed by atoms with Crippen LogP contribution >= 0.6 is 0 Å². The Balaban J connectivity index is 2.22. The maximum Gasteiger partial charge on any atom is 0.409 e. The molecule has 0 saturated carbocycles. The molecule has 13 heavy (non-hydrogen) atoms. The Labute approximate surface area is 77.5 Å². The van der Waals surface area contributed by atoms with Gasteiger partial charge in [-0.15, -0.1) is 0 Å². The lowest BCUT2D eigenvalue weighted by molar-refractivity contribution is 0.0709. The third-order valence-electron chi connectivity index (χ3n) is 2.06. The molecule has 0 bridgehead atoms. The van der Waals surface area contributed by atoms with Crippen LogP contribution < -0.4 is 5.73 Å². The Morgan fingerprint density at radius 2 is 2.46 bits per heavy atom. The summed E-state index contributed by atoms with van der Waals surface area (Å²) in [5, 5.41) is 8.67. The minimum absolute atomic E-state index is 0.0388. The van der Waals surface area contributed by atoms with Crippen molar-refractivity contribution in [1.82, 2.24) is 4.90 Å². The summed E-state index contributed by atoms with van der Waals surface area (Å²) < 4.78 is 4.84. The first-order valence-corrected chi connectivity index (χ1v) is 4.52. The van der Waals surface area contributed by atoms with E-state index in [2.05, 4.69) is 0 Å². The van der Waals surface area contributed by atoms with Crippen molar-refractivity contribution in [1.29, 1.82) is 0 Å². The minimum atomic E-state index is -0.267. The zero-order valence-electron chi connectivity index (χ0n) is 7.61. The molecule has 1 aliphatic rings. The largest absolute Gasteiger partial charge is 0.449 e. The molecule has 1 aliphatic heterocycles. The fourth-order valence-electron chi connectivity index (χ4n) is 1.21. The van der Waals surface area contributed by atoms with Crippen LogP contribution in [0.5, 0.6) is 0 Å². The van der Waals surface area contributed by atoms with Gasteiger partial charge < -0.3 is 20.5 Å². The number of nitrogens with two attached hydrogens (primary N) is 1. The van der Waals surface area contributed by atoms with E-state index in [-0.39, 0.29) is 18.7 Å². The molecule has 1 fully saturated rings. The fourth-order valence-corrected chi connectivity index (χ4v) is 1.21. The summed E-state index contributed by atoms with van der Waals surface area (Å²) in [6.07, 6.45) is 1.22. The molecule has 76 valence electrons. The predicted octanol–water partition coefficient (Wildman–Crippen LogP) is -0.462. The lowest BCUT2D eigenvalue weighted by Crippen LogP contribution is -2.40. The van der Waals surface area contributed by atoms with E-state index in [1.165, 1.54) is 0 Å². The van der Waals surface area contributed by atoms with Gasteiger partial charge in [0.2, 0.25) is 0 Å². The average molecular weight is 188 g/mol. The Morgan fingerprint density at radius 1 is 1.69 bits per heavy atom. The van der Waals surface area contributed by atoms with E-state index < -0.39 is 0 Å². The Morgan fingerprint density at radius 3 is 3.08 bits per heavy atom. The highest BCUT2D eigenvalue weighted by atomic mass is 16.6. The number of aliphatic hydroxyl groups excluding tert-OH is 1. The van der Waals surface area contributed by atoms with Crippen LogP contribution in [0.2, 0.25) is 0 Å². The number of nitrogens with zero attached hydrogens (tertiary/aromatic N) is 1. The van der Waals surface area contributed by atoms with Gasteiger partial charge in [0.1, 0.15) is 0 Å². The summed E-state index contributed by atoms with van der Waals surface area (Å²) in [6.45, 7) is 1.78. The van der Waals surface area contributed by atoms with Crippen LogP contribution in [0.4, 0.5) is 4.79 Å². The maximum atomic E-state index is 11.1. The van der Waals surface area contributed by atoms with Crippen molar-refractivity contribution in [3.05, 3.63) is 0 Å². The molecule has 5 heteroatoms. The molecule has 0 aliphatic carbocycles. The molecular weight excluding hydrogens is 172 g/mol. The average Bonchev–Trinajstić information content (AvgIpc) is 2.16.